The van der Waals surface area contributed by atoms with E-state index >= 15 is 0 Å². The van der Waals surface area contributed by atoms with Gasteiger partial charge in [-0.3, -0.25) is 9.59 Å². The van der Waals surface area contributed by atoms with Crippen LogP contribution in [0.3, 0.4) is 0 Å². The van der Waals surface area contributed by atoms with E-state index in [2.05, 4.69) is 21.2 Å². The van der Waals surface area contributed by atoms with E-state index in [0.717, 1.165) is 10.4 Å². The first-order valence-corrected chi connectivity index (χ1v) is 9.12. The van der Waals surface area contributed by atoms with Gasteiger partial charge in [0.1, 0.15) is 5.00 Å². The summed E-state index contributed by atoms with van der Waals surface area (Å²) in [5.74, 6) is 0.0330. The molecule has 0 saturated carbocycles. The Balaban J connectivity index is 2.38. The van der Waals surface area contributed by atoms with Crippen LogP contribution in [0.25, 0.3) is 0 Å². The summed E-state index contributed by atoms with van der Waals surface area (Å²) in [4.78, 5) is 25.2. The molecule has 8 heteroatoms. The van der Waals surface area contributed by atoms with Crippen molar-refractivity contribution in [2.24, 2.45) is 5.73 Å². The van der Waals surface area contributed by atoms with Gasteiger partial charge in [0.2, 0.25) is 0 Å². The maximum atomic E-state index is 12.6. The fourth-order valence-electron chi connectivity index (χ4n) is 2.32. The van der Waals surface area contributed by atoms with E-state index in [1.807, 2.05) is 13.8 Å². The average Bonchev–Trinajstić information content (AvgIpc) is 2.83. The molecule has 0 aliphatic heterocycles. The molecule has 2 amide bonds. The molecule has 0 atom stereocenters. The quantitative estimate of drug-likeness (QED) is 0.732. The Bertz CT molecular complexity index is 833. The molecule has 0 fully saturated rings. The van der Waals surface area contributed by atoms with Crippen LogP contribution in [0.15, 0.2) is 16.6 Å². The van der Waals surface area contributed by atoms with Gasteiger partial charge in [-0.25, -0.2) is 0 Å². The summed E-state index contributed by atoms with van der Waals surface area (Å²) < 4.78 is 11.4. The van der Waals surface area contributed by atoms with Crippen molar-refractivity contribution in [2.45, 2.75) is 20.8 Å². The third-order valence-corrected chi connectivity index (χ3v) is 5.35. The van der Waals surface area contributed by atoms with Crippen molar-refractivity contribution in [2.75, 3.05) is 19.0 Å². The second-order valence-electron chi connectivity index (χ2n) is 5.23. The van der Waals surface area contributed by atoms with E-state index in [-0.39, 0.29) is 5.91 Å². The summed E-state index contributed by atoms with van der Waals surface area (Å²) in [6, 6.07) is 3.22. The maximum Gasteiger partial charge on any atom is 0.256 e. The molecule has 0 radical (unpaired) electrons. The van der Waals surface area contributed by atoms with E-state index in [1.54, 1.807) is 19.1 Å². The first-order chi connectivity index (χ1) is 11.8. The van der Waals surface area contributed by atoms with E-state index in [4.69, 9.17) is 15.2 Å². The number of halogens is 1. The van der Waals surface area contributed by atoms with Crippen molar-refractivity contribution in [3.8, 4) is 11.5 Å². The lowest BCUT2D eigenvalue weighted by Gasteiger charge is -2.13. The Morgan fingerprint density at radius 1 is 1.32 bits per heavy atom. The zero-order valence-corrected chi connectivity index (χ0v) is 16.8. The maximum absolute atomic E-state index is 12.6. The van der Waals surface area contributed by atoms with E-state index in [1.165, 1.54) is 18.4 Å². The number of anilines is 1. The number of methoxy groups -OCH3 is 1. The lowest BCUT2D eigenvalue weighted by Crippen LogP contribution is -2.17. The standard InChI is InChI=1S/C17H19BrN2O4S/c1-5-24-14-11(18)6-10(7-12(14)23-4)16(22)20-17-13(15(19)21)8(2)9(3)25-17/h6-7H,5H2,1-4H3,(H2,19,21)(H,20,22). The van der Waals surface area contributed by atoms with E-state index in [9.17, 15) is 9.59 Å². The molecule has 3 N–H and O–H groups in total. The Morgan fingerprint density at radius 3 is 2.56 bits per heavy atom. The van der Waals surface area contributed by atoms with Gasteiger partial charge in [0.05, 0.1) is 23.8 Å². The second kappa shape index (κ2) is 7.88. The third kappa shape index (κ3) is 3.96. The molecule has 1 heterocycles. The Labute approximate surface area is 158 Å². The number of hydrogen-bond donors (Lipinski definition) is 2. The lowest BCUT2D eigenvalue weighted by molar-refractivity contribution is 0.100. The number of amides is 2. The van der Waals surface area contributed by atoms with Gasteiger partial charge in [0.25, 0.3) is 11.8 Å². The minimum Gasteiger partial charge on any atom is -0.493 e. The normalized spacial score (nSPS) is 10.4. The summed E-state index contributed by atoms with van der Waals surface area (Å²) in [7, 11) is 1.50. The van der Waals surface area contributed by atoms with Crippen LogP contribution in [0.4, 0.5) is 5.00 Å². The molecule has 1 aromatic carbocycles. The minimum absolute atomic E-state index is 0.341. The summed E-state index contributed by atoms with van der Waals surface area (Å²) in [6.07, 6.45) is 0. The van der Waals surface area contributed by atoms with Gasteiger partial charge in [-0.1, -0.05) is 0 Å². The first-order valence-electron chi connectivity index (χ1n) is 7.51. The molecular formula is C17H19BrN2O4S. The van der Waals surface area contributed by atoms with Gasteiger partial charge in [-0.15, -0.1) is 11.3 Å². The molecular weight excluding hydrogens is 408 g/mol. The largest absolute Gasteiger partial charge is 0.493 e. The number of nitrogens with one attached hydrogen (secondary N) is 1. The Kier molecular flexibility index (Phi) is 6.07. The topological polar surface area (TPSA) is 90.6 Å². The number of hydrogen-bond acceptors (Lipinski definition) is 5. The van der Waals surface area contributed by atoms with Crippen molar-refractivity contribution in [3.05, 3.63) is 38.2 Å². The Hall–Kier alpha value is -2.06. The van der Waals surface area contributed by atoms with Crippen LogP contribution >= 0.6 is 27.3 Å². The minimum atomic E-state index is -0.567. The summed E-state index contributed by atoms with van der Waals surface area (Å²) in [5, 5.41) is 3.20. The highest BCUT2D eigenvalue weighted by molar-refractivity contribution is 9.10. The van der Waals surface area contributed by atoms with Crippen LogP contribution in [-0.2, 0) is 0 Å². The number of ether oxygens (including phenoxy) is 2. The third-order valence-electron chi connectivity index (χ3n) is 3.64. The van der Waals surface area contributed by atoms with Crippen LogP contribution in [0.5, 0.6) is 11.5 Å². The van der Waals surface area contributed by atoms with Gasteiger partial charge in [-0.2, -0.15) is 0 Å². The predicted molar refractivity (Wildman–Crippen MR) is 102 cm³/mol. The van der Waals surface area contributed by atoms with Crippen LogP contribution in [0, 0.1) is 13.8 Å². The number of primary amides is 1. The molecule has 134 valence electrons. The molecule has 0 bridgehead atoms. The summed E-state index contributed by atoms with van der Waals surface area (Å²) in [6.45, 7) is 6.01. The van der Waals surface area contributed by atoms with Gasteiger partial charge in [0, 0.05) is 10.4 Å². The van der Waals surface area contributed by atoms with E-state index in [0.29, 0.717) is 38.7 Å². The molecule has 0 unspecified atom stereocenters. The molecule has 0 aliphatic rings. The van der Waals surface area contributed by atoms with Crippen molar-refractivity contribution in [1.82, 2.24) is 0 Å². The average molecular weight is 427 g/mol. The fourth-order valence-corrected chi connectivity index (χ4v) is 3.94. The smallest absolute Gasteiger partial charge is 0.256 e. The predicted octanol–water partition coefficient (Wildman–Crippen LogP) is 3.89. The monoisotopic (exact) mass is 426 g/mol. The fraction of sp³-hybridized carbons (Fsp3) is 0.294. The second-order valence-corrected chi connectivity index (χ2v) is 7.31. The Morgan fingerprint density at radius 2 is 2.00 bits per heavy atom. The van der Waals surface area contributed by atoms with Gasteiger partial charge in [0.15, 0.2) is 11.5 Å². The van der Waals surface area contributed by atoms with Crippen LogP contribution in [-0.4, -0.2) is 25.5 Å². The highest BCUT2D eigenvalue weighted by Gasteiger charge is 2.21. The number of aryl methyl sites for hydroxylation is 1. The summed E-state index contributed by atoms with van der Waals surface area (Å²) in [5.41, 5.74) is 6.92. The SMILES string of the molecule is CCOc1c(Br)cc(C(=O)Nc2sc(C)c(C)c2C(N)=O)cc1OC. The summed E-state index contributed by atoms with van der Waals surface area (Å²) >= 11 is 4.71. The number of thiophene rings is 1. The molecule has 2 aromatic rings. The van der Waals surface area contributed by atoms with E-state index < -0.39 is 5.91 Å². The van der Waals surface area contributed by atoms with Crippen molar-refractivity contribution >= 4 is 44.1 Å². The molecule has 0 spiro atoms. The van der Waals surface area contributed by atoms with Crippen molar-refractivity contribution < 1.29 is 19.1 Å². The van der Waals surface area contributed by atoms with Gasteiger partial charge >= 0.3 is 0 Å². The number of carbonyl (C=O) groups excluding carboxylic acids is 2. The molecule has 0 saturated heterocycles. The molecule has 25 heavy (non-hydrogen) atoms. The number of rotatable bonds is 6. The number of carbonyl (C=O) groups is 2. The molecule has 6 nitrogen and oxygen atoms in total. The van der Waals surface area contributed by atoms with Gasteiger partial charge in [-0.05, 0) is 54.4 Å². The highest BCUT2D eigenvalue weighted by atomic mass is 79.9. The molecule has 1 aromatic heterocycles. The van der Waals surface area contributed by atoms with Gasteiger partial charge < -0.3 is 20.5 Å². The number of benzene rings is 1. The number of nitrogens with two attached hydrogens (primary N) is 1. The molecule has 0 aliphatic carbocycles. The zero-order valence-electron chi connectivity index (χ0n) is 14.4. The van der Waals surface area contributed by atoms with Crippen LogP contribution in [0.2, 0.25) is 0 Å². The van der Waals surface area contributed by atoms with Crippen LogP contribution in [0.1, 0.15) is 38.1 Å². The highest BCUT2D eigenvalue weighted by Crippen LogP contribution is 2.37. The molecule has 2 rings (SSSR count). The van der Waals surface area contributed by atoms with Crippen molar-refractivity contribution in [1.29, 1.82) is 0 Å². The lowest BCUT2D eigenvalue weighted by atomic mass is 10.1. The zero-order chi connectivity index (χ0) is 18.7. The van der Waals surface area contributed by atoms with Crippen molar-refractivity contribution in [3.63, 3.8) is 0 Å². The first kappa shape index (κ1) is 19.3. The van der Waals surface area contributed by atoms with Crippen LogP contribution < -0.4 is 20.5 Å².